The molecule has 1 N–H and O–H groups in total. The van der Waals surface area contributed by atoms with Crippen molar-refractivity contribution in [2.24, 2.45) is 5.92 Å². The molecule has 162 valence electrons. The molecule has 2 amide bonds. The quantitative estimate of drug-likeness (QED) is 0.739. The topological polar surface area (TPSA) is 67.9 Å². The summed E-state index contributed by atoms with van der Waals surface area (Å²) in [6.45, 7) is 12.1. The lowest BCUT2D eigenvalue weighted by Gasteiger charge is -2.34. The van der Waals surface area contributed by atoms with Crippen molar-refractivity contribution in [1.82, 2.24) is 10.2 Å². The first-order chi connectivity index (χ1) is 13.7. The van der Waals surface area contributed by atoms with E-state index in [9.17, 15) is 9.59 Å². The summed E-state index contributed by atoms with van der Waals surface area (Å²) in [6.07, 6.45) is 3.01. The minimum Gasteiger partial charge on any atom is -0.493 e. The first-order valence-electron chi connectivity index (χ1n) is 10.6. The number of benzene rings is 1. The van der Waals surface area contributed by atoms with Crippen LogP contribution in [0.4, 0.5) is 4.79 Å². The molecule has 1 aliphatic heterocycles. The van der Waals surface area contributed by atoms with Gasteiger partial charge in [-0.2, -0.15) is 0 Å². The number of nitrogens with one attached hydrogen (secondary N) is 1. The molecule has 0 aliphatic carbocycles. The summed E-state index contributed by atoms with van der Waals surface area (Å²) in [5, 5.41) is 2.97. The third kappa shape index (κ3) is 7.95. The molecule has 1 unspecified atom stereocenters. The molecular formula is C23H36N2O4. The van der Waals surface area contributed by atoms with Crippen molar-refractivity contribution in [2.75, 3.05) is 26.2 Å². The zero-order valence-corrected chi connectivity index (χ0v) is 18.5. The van der Waals surface area contributed by atoms with Crippen molar-refractivity contribution >= 4 is 12.0 Å². The summed E-state index contributed by atoms with van der Waals surface area (Å²) in [5.74, 6) is 1.22. The standard InChI is InChI=1S/C23H36N2O4/c1-17-8-6-10-20(18(17)2)28-15-12-21(26)24-13-11-19-9-7-14-25(16-19)22(27)29-23(3,4)5/h6,8,10,19H,7,9,11-16H2,1-5H3,(H,24,26). The summed E-state index contributed by atoms with van der Waals surface area (Å²) in [4.78, 5) is 26.1. The fourth-order valence-corrected chi connectivity index (χ4v) is 3.43. The van der Waals surface area contributed by atoms with Crippen LogP contribution < -0.4 is 10.1 Å². The molecule has 0 spiro atoms. The second kappa shape index (κ2) is 10.5. The maximum Gasteiger partial charge on any atom is 0.410 e. The van der Waals surface area contributed by atoms with Crippen LogP contribution in [0, 0.1) is 19.8 Å². The van der Waals surface area contributed by atoms with Crippen molar-refractivity contribution in [1.29, 1.82) is 0 Å². The number of amides is 2. The van der Waals surface area contributed by atoms with Crippen LogP contribution in [0.2, 0.25) is 0 Å². The maximum absolute atomic E-state index is 12.2. The molecule has 6 heteroatoms. The summed E-state index contributed by atoms with van der Waals surface area (Å²) in [5.41, 5.74) is 1.82. The minimum atomic E-state index is -0.475. The zero-order valence-electron chi connectivity index (χ0n) is 18.5. The van der Waals surface area contributed by atoms with Gasteiger partial charge in [0.15, 0.2) is 0 Å². The summed E-state index contributed by atoms with van der Waals surface area (Å²) < 4.78 is 11.2. The normalized spacial score (nSPS) is 17.0. The number of hydrogen-bond acceptors (Lipinski definition) is 4. The van der Waals surface area contributed by atoms with Gasteiger partial charge in [-0.25, -0.2) is 4.79 Å². The van der Waals surface area contributed by atoms with Crippen LogP contribution in [0.25, 0.3) is 0 Å². The summed E-state index contributed by atoms with van der Waals surface area (Å²) in [6, 6.07) is 5.94. The molecule has 0 saturated carbocycles. The first-order valence-corrected chi connectivity index (χ1v) is 10.6. The van der Waals surface area contributed by atoms with Gasteiger partial charge in [0.1, 0.15) is 11.4 Å². The monoisotopic (exact) mass is 404 g/mol. The van der Waals surface area contributed by atoms with Crippen LogP contribution in [-0.4, -0.2) is 48.7 Å². The molecule has 29 heavy (non-hydrogen) atoms. The number of carbonyl (C=O) groups is 2. The van der Waals surface area contributed by atoms with Crippen LogP contribution in [0.5, 0.6) is 5.75 Å². The fraction of sp³-hybridized carbons (Fsp3) is 0.652. The Labute approximate surface area is 174 Å². The second-order valence-electron chi connectivity index (χ2n) is 8.87. The first kappa shape index (κ1) is 23.0. The molecule has 1 saturated heterocycles. The van der Waals surface area contributed by atoms with Crippen molar-refractivity contribution in [3.63, 3.8) is 0 Å². The number of rotatable bonds is 7. The van der Waals surface area contributed by atoms with E-state index in [1.54, 1.807) is 4.90 Å². The number of carbonyl (C=O) groups excluding carboxylic acids is 2. The molecular weight excluding hydrogens is 368 g/mol. The van der Waals surface area contributed by atoms with E-state index >= 15 is 0 Å². The Kier molecular flexibility index (Phi) is 8.35. The highest BCUT2D eigenvalue weighted by atomic mass is 16.6. The number of piperidine rings is 1. The van der Waals surface area contributed by atoms with Crippen molar-refractivity contribution < 1.29 is 19.1 Å². The number of hydrogen-bond donors (Lipinski definition) is 1. The highest BCUT2D eigenvalue weighted by Gasteiger charge is 2.27. The lowest BCUT2D eigenvalue weighted by Crippen LogP contribution is -2.43. The molecule has 0 aromatic heterocycles. The van der Waals surface area contributed by atoms with Crippen LogP contribution in [-0.2, 0) is 9.53 Å². The number of likely N-dealkylation sites (tertiary alicyclic amines) is 1. The number of nitrogens with zero attached hydrogens (tertiary/aromatic N) is 1. The van der Waals surface area contributed by atoms with E-state index in [1.165, 1.54) is 5.56 Å². The molecule has 6 nitrogen and oxygen atoms in total. The zero-order chi connectivity index (χ0) is 21.4. The highest BCUT2D eigenvalue weighted by molar-refractivity contribution is 5.76. The average molecular weight is 405 g/mol. The predicted octanol–water partition coefficient (Wildman–Crippen LogP) is 4.23. The molecule has 1 aromatic carbocycles. The predicted molar refractivity (Wildman–Crippen MR) is 114 cm³/mol. The van der Waals surface area contributed by atoms with Crippen molar-refractivity contribution in [3.05, 3.63) is 29.3 Å². The Hall–Kier alpha value is -2.24. The Morgan fingerprint density at radius 1 is 1.24 bits per heavy atom. The van der Waals surface area contributed by atoms with E-state index in [0.29, 0.717) is 32.0 Å². The summed E-state index contributed by atoms with van der Waals surface area (Å²) in [7, 11) is 0. The summed E-state index contributed by atoms with van der Waals surface area (Å²) >= 11 is 0. The van der Waals surface area contributed by atoms with Gasteiger partial charge < -0.3 is 19.7 Å². The molecule has 1 fully saturated rings. The third-order valence-electron chi connectivity index (χ3n) is 5.19. The average Bonchev–Trinajstić information content (AvgIpc) is 2.64. The SMILES string of the molecule is Cc1cccc(OCCC(=O)NCCC2CCCN(C(=O)OC(C)(C)C)C2)c1C. The Morgan fingerprint density at radius 2 is 2.00 bits per heavy atom. The number of ether oxygens (including phenoxy) is 2. The van der Waals surface area contributed by atoms with Gasteiger partial charge in [0.05, 0.1) is 13.0 Å². The van der Waals surface area contributed by atoms with Gasteiger partial charge >= 0.3 is 6.09 Å². The Bertz CT molecular complexity index is 697. The Morgan fingerprint density at radius 3 is 2.72 bits per heavy atom. The lowest BCUT2D eigenvalue weighted by molar-refractivity contribution is -0.121. The van der Waals surface area contributed by atoms with Gasteiger partial charge in [-0.15, -0.1) is 0 Å². The van der Waals surface area contributed by atoms with Crippen LogP contribution in [0.3, 0.4) is 0 Å². The molecule has 1 atom stereocenters. The van der Waals surface area contributed by atoms with Gasteiger partial charge in [-0.1, -0.05) is 12.1 Å². The van der Waals surface area contributed by atoms with Crippen LogP contribution in [0.1, 0.15) is 57.6 Å². The molecule has 2 rings (SSSR count). The Balaban J connectivity index is 1.65. The van der Waals surface area contributed by atoms with Gasteiger partial charge in [0.25, 0.3) is 0 Å². The van der Waals surface area contributed by atoms with Gasteiger partial charge in [0.2, 0.25) is 5.91 Å². The van der Waals surface area contributed by atoms with Crippen LogP contribution in [0.15, 0.2) is 18.2 Å². The molecule has 0 bridgehead atoms. The molecule has 1 aromatic rings. The van der Waals surface area contributed by atoms with E-state index in [0.717, 1.165) is 37.1 Å². The third-order valence-corrected chi connectivity index (χ3v) is 5.19. The van der Waals surface area contributed by atoms with E-state index in [4.69, 9.17) is 9.47 Å². The smallest absolute Gasteiger partial charge is 0.410 e. The van der Waals surface area contributed by atoms with E-state index < -0.39 is 5.60 Å². The highest BCUT2D eigenvalue weighted by Crippen LogP contribution is 2.22. The van der Waals surface area contributed by atoms with Gasteiger partial charge in [-0.3, -0.25) is 4.79 Å². The van der Waals surface area contributed by atoms with Gasteiger partial charge in [0, 0.05) is 19.6 Å². The van der Waals surface area contributed by atoms with Crippen LogP contribution >= 0.6 is 0 Å². The fourth-order valence-electron chi connectivity index (χ4n) is 3.43. The lowest BCUT2D eigenvalue weighted by atomic mass is 9.95. The van der Waals surface area contributed by atoms with Crippen molar-refractivity contribution in [2.45, 2.75) is 65.9 Å². The van der Waals surface area contributed by atoms with E-state index in [2.05, 4.69) is 5.32 Å². The molecule has 1 heterocycles. The van der Waals surface area contributed by atoms with E-state index in [1.807, 2.05) is 52.8 Å². The van der Waals surface area contributed by atoms with Crippen molar-refractivity contribution in [3.8, 4) is 5.75 Å². The molecule has 1 aliphatic rings. The number of aryl methyl sites for hydroxylation is 1. The minimum absolute atomic E-state index is 0.00452. The maximum atomic E-state index is 12.2. The largest absolute Gasteiger partial charge is 0.493 e. The second-order valence-corrected chi connectivity index (χ2v) is 8.87. The molecule has 0 radical (unpaired) electrons. The van der Waals surface area contributed by atoms with Gasteiger partial charge in [-0.05, 0) is 77.0 Å². The van der Waals surface area contributed by atoms with E-state index in [-0.39, 0.29) is 12.0 Å².